The van der Waals surface area contributed by atoms with Crippen LogP contribution in [-0.4, -0.2) is 0 Å². The van der Waals surface area contributed by atoms with E-state index in [1.165, 1.54) is 24.8 Å². The second kappa shape index (κ2) is 4.91. The van der Waals surface area contributed by atoms with E-state index in [0.29, 0.717) is 0 Å². The zero-order valence-electron chi connectivity index (χ0n) is 8.09. The molecule has 1 aromatic heterocycles. The normalized spacial score (nSPS) is 10.2. The van der Waals surface area contributed by atoms with E-state index in [1.54, 1.807) is 0 Å². The summed E-state index contributed by atoms with van der Waals surface area (Å²) < 4.78 is 2.27. The van der Waals surface area contributed by atoms with E-state index in [9.17, 15) is 0 Å². The molecule has 1 heteroatoms. The fourth-order valence-corrected chi connectivity index (χ4v) is 1.34. The number of rotatable bonds is 4. The highest BCUT2D eigenvalue weighted by atomic mass is 14.9. The lowest BCUT2D eigenvalue weighted by Gasteiger charge is -1.96. The van der Waals surface area contributed by atoms with Gasteiger partial charge in [0.05, 0.1) is 0 Å². The smallest absolute Gasteiger partial charge is 0.171 e. The highest BCUT2D eigenvalue weighted by molar-refractivity contribution is 5.01. The lowest BCUT2D eigenvalue weighted by Crippen LogP contribution is -2.32. The molecule has 0 saturated heterocycles. The molecule has 0 aliphatic heterocycles. The second-order valence-electron chi connectivity index (χ2n) is 3.33. The summed E-state index contributed by atoms with van der Waals surface area (Å²) in [6.45, 7) is 5.53. The first-order valence-electron chi connectivity index (χ1n) is 4.78. The molecule has 1 heterocycles. The fourth-order valence-electron chi connectivity index (χ4n) is 1.34. The molecule has 0 fully saturated rings. The van der Waals surface area contributed by atoms with Crippen LogP contribution in [0.25, 0.3) is 0 Å². The molecule has 0 aromatic carbocycles. The van der Waals surface area contributed by atoms with Crippen LogP contribution >= 0.6 is 0 Å². The summed E-state index contributed by atoms with van der Waals surface area (Å²) in [5.41, 5.74) is 1.34. The van der Waals surface area contributed by atoms with Crippen LogP contribution in [0.4, 0.5) is 0 Å². The summed E-state index contributed by atoms with van der Waals surface area (Å²) in [5, 5.41) is 0. The van der Waals surface area contributed by atoms with Crippen molar-refractivity contribution in [2.45, 2.75) is 39.7 Å². The van der Waals surface area contributed by atoms with E-state index < -0.39 is 0 Å². The molecular weight excluding hydrogens is 146 g/mol. The molecule has 0 spiro atoms. The maximum Gasteiger partial charge on any atom is 0.171 e. The molecule has 0 radical (unpaired) electrons. The van der Waals surface area contributed by atoms with Gasteiger partial charge >= 0.3 is 0 Å². The van der Waals surface area contributed by atoms with Gasteiger partial charge in [-0.1, -0.05) is 13.3 Å². The van der Waals surface area contributed by atoms with Gasteiger partial charge in [-0.05, 0) is 19.4 Å². The number of hydrogen-bond acceptors (Lipinski definition) is 0. The second-order valence-corrected chi connectivity index (χ2v) is 3.33. The topological polar surface area (TPSA) is 3.88 Å². The first-order valence-corrected chi connectivity index (χ1v) is 4.78. The van der Waals surface area contributed by atoms with Crippen molar-refractivity contribution in [2.24, 2.45) is 0 Å². The fraction of sp³-hybridized carbons (Fsp3) is 0.545. The van der Waals surface area contributed by atoms with Gasteiger partial charge in [0.15, 0.2) is 12.4 Å². The Morgan fingerprint density at radius 3 is 2.83 bits per heavy atom. The van der Waals surface area contributed by atoms with Crippen molar-refractivity contribution >= 4 is 0 Å². The van der Waals surface area contributed by atoms with E-state index >= 15 is 0 Å². The number of aromatic nitrogens is 1. The summed E-state index contributed by atoms with van der Waals surface area (Å²) in [5.74, 6) is 0. The van der Waals surface area contributed by atoms with Gasteiger partial charge in [-0.25, -0.2) is 4.57 Å². The van der Waals surface area contributed by atoms with Crippen molar-refractivity contribution < 1.29 is 4.57 Å². The lowest BCUT2D eigenvalue weighted by molar-refractivity contribution is -0.697. The van der Waals surface area contributed by atoms with E-state index in [-0.39, 0.29) is 0 Å². The molecule has 0 N–H and O–H groups in total. The minimum Gasteiger partial charge on any atom is -0.205 e. The van der Waals surface area contributed by atoms with Gasteiger partial charge in [0.25, 0.3) is 0 Å². The predicted octanol–water partition coefficient (Wildman–Crippen LogP) is 2.47. The van der Waals surface area contributed by atoms with Gasteiger partial charge in [0.2, 0.25) is 0 Å². The van der Waals surface area contributed by atoms with E-state index in [4.69, 9.17) is 0 Å². The first kappa shape index (κ1) is 9.24. The number of unbranched alkanes of at least 4 members (excludes halogenated alkanes) is 2. The van der Waals surface area contributed by atoms with Crippen molar-refractivity contribution in [3.05, 3.63) is 30.1 Å². The van der Waals surface area contributed by atoms with Gasteiger partial charge in [-0.15, -0.1) is 0 Å². The van der Waals surface area contributed by atoms with E-state index in [0.717, 1.165) is 6.54 Å². The lowest BCUT2D eigenvalue weighted by atomic mass is 10.2. The maximum atomic E-state index is 2.27. The summed E-state index contributed by atoms with van der Waals surface area (Å²) in [6.07, 6.45) is 8.27. The molecule has 0 aliphatic rings. The van der Waals surface area contributed by atoms with Crippen LogP contribution in [0.15, 0.2) is 24.5 Å². The Bertz CT molecular complexity index is 230. The monoisotopic (exact) mass is 164 g/mol. The molecule has 12 heavy (non-hydrogen) atoms. The van der Waals surface area contributed by atoms with Crippen LogP contribution in [0, 0.1) is 6.92 Å². The third kappa shape index (κ3) is 3.04. The molecule has 0 saturated carbocycles. The molecule has 1 aromatic rings. The minimum absolute atomic E-state index is 1.16. The zero-order valence-corrected chi connectivity index (χ0v) is 8.09. The van der Waals surface area contributed by atoms with Crippen LogP contribution in [0.3, 0.4) is 0 Å². The predicted molar refractivity (Wildman–Crippen MR) is 50.9 cm³/mol. The van der Waals surface area contributed by atoms with Crippen molar-refractivity contribution in [1.82, 2.24) is 0 Å². The van der Waals surface area contributed by atoms with Crippen molar-refractivity contribution in [2.75, 3.05) is 0 Å². The zero-order chi connectivity index (χ0) is 8.81. The summed E-state index contributed by atoms with van der Waals surface area (Å²) in [6, 6.07) is 4.25. The molecule has 0 unspecified atom stereocenters. The van der Waals surface area contributed by atoms with Crippen molar-refractivity contribution in [3.8, 4) is 0 Å². The van der Waals surface area contributed by atoms with Crippen LogP contribution in [0.1, 0.15) is 31.7 Å². The molecule has 0 bridgehead atoms. The Morgan fingerprint density at radius 1 is 1.33 bits per heavy atom. The number of aryl methyl sites for hydroxylation is 2. The average Bonchev–Trinajstić information content (AvgIpc) is 2.05. The Balaban J connectivity index is 2.41. The summed E-state index contributed by atoms with van der Waals surface area (Å²) >= 11 is 0. The van der Waals surface area contributed by atoms with Gasteiger partial charge in [-0.2, -0.15) is 0 Å². The van der Waals surface area contributed by atoms with Crippen molar-refractivity contribution in [1.29, 1.82) is 0 Å². The standard InChI is InChI=1S/C11H18N/c1-3-4-5-8-12-9-6-7-11(2)10-12/h6-7,9-10H,3-5,8H2,1-2H3/q+1. The van der Waals surface area contributed by atoms with Crippen molar-refractivity contribution in [3.63, 3.8) is 0 Å². The molecule has 66 valence electrons. The Labute approximate surface area is 75.1 Å². The van der Waals surface area contributed by atoms with Crippen LogP contribution in [0.2, 0.25) is 0 Å². The minimum atomic E-state index is 1.16. The van der Waals surface area contributed by atoms with E-state index in [2.05, 4.69) is 42.9 Å². The SMILES string of the molecule is CCCCC[n+]1cccc(C)c1. The summed E-state index contributed by atoms with van der Waals surface area (Å²) in [4.78, 5) is 0. The molecule has 0 aliphatic carbocycles. The number of nitrogens with zero attached hydrogens (tertiary/aromatic N) is 1. The van der Waals surface area contributed by atoms with Crippen LogP contribution in [0.5, 0.6) is 0 Å². The van der Waals surface area contributed by atoms with Gasteiger partial charge in [0, 0.05) is 18.1 Å². The largest absolute Gasteiger partial charge is 0.205 e. The summed E-state index contributed by atoms with van der Waals surface area (Å²) in [7, 11) is 0. The molecule has 1 nitrogen and oxygen atoms in total. The molecule has 0 atom stereocenters. The number of pyridine rings is 1. The van der Waals surface area contributed by atoms with Crippen LogP contribution < -0.4 is 4.57 Å². The first-order chi connectivity index (χ1) is 5.83. The number of hydrogen-bond donors (Lipinski definition) is 0. The average molecular weight is 164 g/mol. The van der Waals surface area contributed by atoms with E-state index in [1.807, 2.05) is 0 Å². The highest BCUT2D eigenvalue weighted by Crippen LogP contribution is 1.94. The Hall–Kier alpha value is -0.850. The molecule has 0 amide bonds. The van der Waals surface area contributed by atoms with Gasteiger partial charge < -0.3 is 0 Å². The highest BCUT2D eigenvalue weighted by Gasteiger charge is 1.98. The van der Waals surface area contributed by atoms with Gasteiger partial charge in [-0.3, -0.25) is 0 Å². The molecular formula is C11H18N+. The quantitative estimate of drug-likeness (QED) is 0.475. The third-order valence-corrected chi connectivity index (χ3v) is 2.03. The maximum absolute atomic E-state index is 2.27. The molecule has 1 rings (SSSR count). The Kier molecular flexibility index (Phi) is 3.78. The van der Waals surface area contributed by atoms with Crippen LogP contribution in [-0.2, 0) is 6.54 Å². The third-order valence-electron chi connectivity index (χ3n) is 2.03. The van der Waals surface area contributed by atoms with Gasteiger partial charge in [0.1, 0.15) is 6.54 Å². The Morgan fingerprint density at radius 2 is 2.17 bits per heavy atom.